The number of amides is 3. The molecule has 34 heavy (non-hydrogen) atoms. The number of likely N-dealkylation sites (tertiary alicyclic amines) is 1. The number of benzene rings is 2. The molecule has 0 bridgehead atoms. The average molecular weight is 477 g/mol. The molecule has 10 heteroatoms. The topological polar surface area (TPSA) is 79.9 Å². The van der Waals surface area contributed by atoms with Crippen LogP contribution in [-0.4, -0.2) is 43.6 Å². The molecule has 0 spiro atoms. The van der Waals surface area contributed by atoms with E-state index in [0.717, 1.165) is 12.1 Å². The third kappa shape index (κ3) is 5.55. The summed E-state index contributed by atoms with van der Waals surface area (Å²) in [5.74, 6) is 0.483. The molecule has 2 aromatic carbocycles. The molecular weight excluding hydrogens is 451 g/mol. The van der Waals surface area contributed by atoms with Gasteiger partial charge in [-0.05, 0) is 55.0 Å². The lowest BCUT2D eigenvalue weighted by molar-refractivity contribution is -0.137. The van der Waals surface area contributed by atoms with Crippen molar-refractivity contribution in [2.75, 3.05) is 37.4 Å². The number of halogens is 3. The molecule has 0 saturated carbocycles. The maximum atomic E-state index is 13.1. The van der Waals surface area contributed by atoms with Crippen LogP contribution in [0.3, 0.4) is 0 Å². The van der Waals surface area contributed by atoms with Crippen molar-refractivity contribution in [1.82, 2.24) is 4.90 Å². The molecule has 1 fully saturated rings. The lowest BCUT2D eigenvalue weighted by Gasteiger charge is -2.39. The number of hydrogen-bond donors (Lipinski definition) is 2. The summed E-state index contributed by atoms with van der Waals surface area (Å²) in [6.07, 6.45) is -3.16. The van der Waals surface area contributed by atoms with Crippen molar-refractivity contribution in [3.05, 3.63) is 48.0 Å². The Morgan fingerprint density at radius 2 is 2.00 bits per heavy atom. The van der Waals surface area contributed by atoms with E-state index in [1.54, 1.807) is 36.3 Å². The smallest absolute Gasteiger partial charge is 0.416 e. The first kappa shape index (κ1) is 23.7. The quantitative estimate of drug-likeness (QED) is 0.638. The highest BCUT2D eigenvalue weighted by atomic mass is 19.4. The lowest BCUT2D eigenvalue weighted by atomic mass is 9.81. The molecule has 2 aliphatic rings. The number of anilines is 2. The molecule has 0 radical (unpaired) electrons. The number of carbonyl (C=O) groups is 2. The Balaban J connectivity index is 1.44. The second kappa shape index (κ2) is 9.82. The maximum absolute atomic E-state index is 13.1. The summed E-state index contributed by atoms with van der Waals surface area (Å²) >= 11 is 0. The minimum Gasteiger partial charge on any atom is -0.497 e. The number of alkyl halides is 3. The number of methoxy groups -OCH3 is 1. The zero-order valence-electron chi connectivity index (χ0n) is 18.7. The Bertz CT molecular complexity index is 1060. The van der Waals surface area contributed by atoms with Gasteiger partial charge in [-0.25, -0.2) is 4.79 Å². The highest BCUT2D eigenvalue weighted by Gasteiger charge is 2.35. The predicted molar refractivity (Wildman–Crippen MR) is 120 cm³/mol. The molecular formula is C24H26F3N3O4. The maximum Gasteiger partial charge on any atom is 0.416 e. The van der Waals surface area contributed by atoms with E-state index < -0.39 is 11.7 Å². The second-order valence-corrected chi connectivity index (χ2v) is 8.52. The molecule has 1 saturated heterocycles. The van der Waals surface area contributed by atoms with Gasteiger partial charge in [0.1, 0.15) is 11.5 Å². The summed E-state index contributed by atoms with van der Waals surface area (Å²) in [6, 6.07) is 9.90. The highest BCUT2D eigenvalue weighted by Crippen LogP contribution is 2.37. The van der Waals surface area contributed by atoms with Crippen LogP contribution in [-0.2, 0) is 11.0 Å². The summed E-state index contributed by atoms with van der Waals surface area (Å²) in [5, 5.41) is 5.46. The van der Waals surface area contributed by atoms with Gasteiger partial charge in [-0.2, -0.15) is 13.2 Å². The van der Waals surface area contributed by atoms with Crippen molar-refractivity contribution in [1.29, 1.82) is 0 Å². The SMILES string of the molecule is COc1cccc(NC(=O)N2CC[C@H]3CC(=O)Nc4cc(C(F)(F)F)ccc4OCC[C@H]3C2)c1. The van der Waals surface area contributed by atoms with Crippen molar-refractivity contribution < 1.29 is 32.2 Å². The number of nitrogens with zero attached hydrogens (tertiary/aromatic N) is 1. The molecule has 2 aliphatic heterocycles. The molecule has 2 N–H and O–H groups in total. The van der Waals surface area contributed by atoms with E-state index in [9.17, 15) is 22.8 Å². The van der Waals surface area contributed by atoms with Crippen LogP contribution in [0.2, 0.25) is 0 Å². The van der Waals surface area contributed by atoms with E-state index in [0.29, 0.717) is 37.4 Å². The average Bonchev–Trinajstić information content (AvgIpc) is 2.80. The summed E-state index contributed by atoms with van der Waals surface area (Å²) in [7, 11) is 1.55. The van der Waals surface area contributed by atoms with Gasteiger partial charge in [0, 0.05) is 31.3 Å². The molecule has 182 valence electrons. The van der Waals surface area contributed by atoms with E-state index >= 15 is 0 Å². The van der Waals surface area contributed by atoms with E-state index in [-0.39, 0.29) is 48.2 Å². The Morgan fingerprint density at radius 3 is 2.76 bits per heavy atom. The molecule has 3 amide bonds. The summed E-state index contributed by atoms with van der Waals surface area (Å²) in [5.41, 5.74) is -0.205. The van der Waals surface area contributed by atoms with Crippen LogP contribution in [0.1, 0.15) is 24.8 Å². The van der Waals surface area contributed by atoms with Crippen molar-refractivity contribution in [2.24, 2.45) is 11.8 Å². The Labute approximate surface area is 195 Å². The molecule has 2 atom stereocenters. The van der Waals surface area contributed by atoms with Crippen LogP contribution in [0.4, 0.5) is 29.3 Å². The number of rotatable bonds is 2. The number of hydrogen-bond acceptors (Lipinski definition) is 4. The lowest BCUT2D eigenvalue weighted by Crippen LogP contribution is -2.46. The Morgan fingerprint density at radius 1 is 1.18 bits per heavy atom. The van der Waals surface area contributed by atoms with Crippen molar-refractivity contribution in [3.8, 4) is 11.5 Å². The normalized spacial score (nSPS) is 20.8. The first-order valence-electron chi connectivity index (χ1n) is 11.1. The second-order valence-electron chi connectivity index (χ2n) is 8.52. The van der Waals surface area contributed by atoms with Gasteiger partial charge in [0.05, 0.1) is 25.0 Å². The summed E-state index contributed by atoms with van der Waals surface area (Å²) in [4.78, 5) is 27.2. The van der Waals surface area contributed by atoms with E-state index in [1.807, 2.05) is 0 Å². The van der Waals surface area contributed by atoms with E-state index in [2.05, 4.69) is 10.6 Å². The van der Waals surface area contributed by atoms with Gasteiger partial charge in [-0.1, -0.05) is 6.07 Å². The molecule has 2 aromatic rings. The van der Waals surface area contributed by atoms with Crippen molar-refractivity contribution in [3.63, 3.8) is 0 Å². The van der Waals surface area contributed by atoms with E-state index in [1.165, 1.54) is 6.07 Å². The fourth-order valence-corrected chi connectivity index (χ4v) is 4.45. The number of urea groups is 1. The van der Waals surface area contributed by atoms with Gasteiger partial charge in [-0.3, -0.25) is 4.79 Å². The largest absolute Gasteiger partial charge is 0.497 e. The zero-order valence-corrected chi connectivity index (χ0v) is 18.7. The van der Waals surface area contributed by atoms with Gasteiger partial charge in [-0.15, -0.1) is 0 Å². The number of ether oxygens (including phenoxy) is 2. The summed E-state index contributed by atoms with van der Waals surface area (Å²) < 4.78 is 50.2. The molecule has 2 heterocycles. The van der Waals surface area contributed by atoms with Gasteiger partial charge < -0.3 is 25.0 Å². The van der Waals surface area contributed by atoms with Crippen LogP contribution in [0, 0.1) is 11.8 Å². The monoisotopic (exact) mass is 477 g/mol. The third-order valence-corrected chi connectivity index (χ3v) is 6.27. The minimum atomic E-state index is -4.52. The predicted octanol–water partition coefficient (Wildman–Crippen LogP) is 5.00. The molecule has 4 rings (SSSR count). The highest BCUT2D eigenvalue weighted by molar-refractivity contribution is 5.93. The molecule has 0 aliphatic carbocycles. The van der Waals surface area contributed by atoms with Crippen LogP contribution in [0.25, 0.3) is 0 Å². The Hall–Kier alpha value is -3.43. The van der Waals surface area contributed by atoms with Crippen LogP contribution in [0.15, 0.2) is 42.5 Å². The number of nitrogens with one attached hydrogen (secondary N) is 2. The van der Waals surface area contributed by atoms with Crippen molar-refractivity contribution in [2.45, 2.75) is 25.4 Å². The number of carbonyl (C=O) groups excluding carboxylic acids is 2. The fourth-order valence-electron chi connectivity index (χ4n) is 4.45. The van der Waals surface area contributed by atoms with Crippen molar-refractivity contribution >= 4 is 23.3 Å². The molecule has 0 aromatic heterocycles. The first-order chi connectivity index (χ1) is 16.2. The van der Waals surface area contributed by atoms with E-state index in [4.69, 9.17) is 9.47 Å². The number of piperidine rings is 1. The fraction of sp³-hybridized carbons (Fsp3) is 0.417. The molecule has 7 nitrogen and oxygen atoms in total. The van der Waals surface area contributed by atoms with Gasteiger partial charge >= 0.3 is 12.2 Å². The Kier molecular flexibility index (Phi) is 6.85. The van der Waals surface area contributed by atoms with Gasteiger partial charge in [0.25, 0.3) is 0 Å². The standard InChI is InChI=1S/C24H26F3N3O4/c1-33-19-4-2-3-18(13-19)28-23(32)30-9-7-15-11-22(31)29-20-12-17(24(25,26)27)5-6-21(20)34-10-8-16(15)14-30/h2-6,12-13,15-16H,7-11,14H2,1H3,(H,28,32)(H,29,31)/t15-,16-/m0/s1. The molecule has 0 unspecified atom stereocenters. The number of fused-ring (bicyclic) bond motifs is 2. The summed E-state index contributed by atoms with van der Waals surface area (Å²) in [6.45, 7) is 1.19. The van der Waals surface area contributed by atoms with Crippen LogP contribution < -0.4 is 20.1 Å². The van der Waals surface area contributed by atoms with Crippen LogP contribution >= 0.6 is 0 Å². The van der Waals surface area contributed by atoms with Crippen LogP contribution in [0.5, 0.6) is 11.5 Å². The third-order valence-electron chi connectivity index (χ3n) is 6.27. The van der Waals surface area contributed by atoms with Gasteiger partial charge in [0.2, 0.25) is 5.91 Å². The minimum absolute atomic E-state index is 0.00295. The van der Waals surface area contributed by atoms with Gasteiger partial charge in [0.15, 0.2) is 0 Å². The first-order valence-corrected chi connectivity index (χ1v) is 11.1. The zero-order chi connectivity index (χ0) is 24.3.